The first kappa shape index (κ1) is 16.5. The van der Waals surface area contributed by atoms with E-state index in [-0.39, 0.29) is 26.9 Å². The van der Waals surface area contributed by atoms with Gasteiger partial charge in [0.2, 0.25) is 0 Å². The summed E-state index contributed by atoms with van der Waals surface area (Å²) in [5.74, 6) is -3.22. The monoisotopic (exact) mass is 359 g/mol. The van der Waals surface area contributed by atoms with Crippen LogP contribution in [0, 0.1) is 0 Å². The Kier molecular flexibility index (Phi) is 3.89. The lowest BCUT2D eigenvalue weighted by molar-refractivity contribution is -0.135. The first-order valence-electron chi connectivity index (χ1n) is 6.78. The van der Waals surface area contributed by atoms with Crippen LogP contribution >= 0.6 is 0 Å². The van der Waals surface area contributed by atoms with Crippen molar-refractivity contribution >= 4 is 33.5 Å². The third kappa shape index (κ3) is 3.28. The lowest BCUT2D eigenvalue weighted by Crippen LogP contribution is -2.35. The molecule has 126 valence electrons. The maximum Gasteiger partial charge on any atom is 0.338 e. The molecular weight excluding hydrogens is 350 g/mol. The lowest BCUT2D eigenvalue weighted by atomic mass is 10.2. The number of carboxylic acid groups (broad SMARTS) is 1. The molecular formula is C15H9N3O6S. The van der Waals surface area contributed by atoms with Crippen LogP contribution in [0.15, 0.2) is 57.3 Å². The molecule has 2 aromatic rings. The van der Waals surface area contributed by atoms with Crippen molar-refractivity contribution in [2.75, 3.05) is 4.72 Å². The van der Waals surface area contributed by atoms with Crippen LogP contribution in [0.5, 0.6) is 0 Å². The SMILES string of the molecule is O=C1N=c2ccc(S(=O)(=O)Nc3ccc(C(=O)O)cc3)cc2=NC1=O. The number of carbonyl (C=O) groups is 3. The molecule has 3 rings (SSSR count). The second kappa shape index (κ2) is 5.91. The number of anilines is 1. The van der Waals surface area contributed by atoms with E-state index in [9.17, 15) is 22.8 Å². The summed E-state index contributed by atoms with van der Waals surface area (Å²) < 4.78 is 27.1. The average Bonchev–Trinajstić information content (AvgIpc) is 2.55. The Labute approximate surface area is 140 Å². The number of sulfonamides is 1. The van der Waals surface area contributed by atoms with Gasteiger partial charge in [0.05, 0.1) is 21.2 Å². The summed E-state index contributed by atoms with van der Waals surface area (Å²) in [5.41, 5.74) is 0.177. The number of nitrogens with zero attached hydrogens (tertiary/aromatic N) is 2. The standard InChI is InChI=1S/C15H9N3O6S/c19-13-14(20)17-12-7-10(5-6-11(12)16-13)25(23,24)18-9-3-1-8(2-4-9)15(21)22/h1-7,18H,(H,21,22). The zero-order valence-electron chi connectivity index (χ0n) is 12.3. The minimum Gasteiger partial charge on any atom is -0.478 e. The van der Waals surface area contributed by atoms with Gasteiger partial charge in [-0.15, -0.1) is 0 Å². The predicted octanol–water partition coefficient (Wildman–Crippen LogP) is -0.508. The van der Waals surface area contributed by atoms with E-state index in [1.165, 1.54) is 36.4 Å². The molecule has 0 aliphatic carbocycles. The number of carbonyl (C=O) groups excluding carboxylic acids is 2. The van der Waals surface area contributed by atoms with Crippen molar-refractivity contribution in [1.29, 1.82) is 0 Å². The van der Waals surface area contributed by atoms with Crippen molar-refractivity contribution in [2.24, 2.45) is 9.98 Å². The molecule has 25 heavy (non-hydrogen) atoms. The van der Waals surface area contributed by atoms with Gasteiger partial charge >= 0.3 is 17.8 Å². The van der Waals surface area contributed by atoms with Crippen LogP contribution in [-0.2, 0) is 19.6 Å². The van der Waals surface area contributed by atoms with Gasteiger partial charge in [0.1, 0.15) is 0 Å². The molecule has 0 saturated heterocycles. The topological polar surface area (TPSA) is 142 Å². The Morgan fingerprint density at radius 1 is 0.920 bits per heavy atom. The average molecular weight is 359 g/mol. The molecule has 1 heterocycles. The minimum absolute atomic E-state index is 0.0142. The van der Waals surface area contributed by atoms with E-state index in [0.29, 0.717) is 0 Å². The molecule has 1 aliphatic rings. The van der Waals surface area contributed by atoms with Crippen LogP contribution in [0.2, 0.25) is 0 Å². The Morgan fingerprint density at radius 3 is 2.12 bits per heavy atom. The molecule has 2 aromatic carbocycles. The number of amides is 2. The van der Waals surface area contributed by atoms with Crippen molar-refractivity contribution < 1.29 is 27.9 Å². The maximum absolute atomic E-state index is 12.4. The molecule has 0 fully saturated rings. The van der Waals surface area contributed by atoms with Gasteiger partial charge in [0.15, 0.2) is 0 Å². The van der Waals surface area contributed by atoms with E-state index in [4.69, 9.17) is 5.11 Å². The molecule has 0 aromatic heterocycles. The highest BCUT2D eigenvalue weighted by atomic mass is 32.2. The van der Waals surface area contributed by atoms with Crippen molar-refractivity contribution in [2.45, 2.75) is 4.90 Å². The fourth-order valence-corrected chi connectivity index (χ4v) is 3.14. The molecule has 0 saturated carbocycles. The molecule has 0 radical (unpaired) electrons. The highest BCUT2D eigenvalue weighted by molar-refractivity contribution is 7.92. The third-order valence-electron chi connectivity index (χ3n) is 3.27. The molecule has 0 bridgehead atoms. The molecule has 2 N–H and O–H groups in total. The Hall–Kier alpha value is -3.40. The van der Waals surface area contributed by atoms with Crippen LogP contribution < -0.4 is 15.4 Å². The van der Waals surface area contributed by atoms with Crippen LogP contribution in [0.3, 0.4) is 0 Å². The number of aromatic carboxylic acids is 1. The van der Waals surface area contributed by atoms with E-state index < -0.39 is 27.8 Å². The highest BCUT2D eigenvalue weighted by Gasteiger charge is 2.19. The second-order valence-electron chi connectivity index (χ2n) is 4.97. The molecule has 10 heteroatoms. The summed E-state index contributed by atoms with van der Waals surface area (Å²) in [7, 11) is -4.01. The summed E-state index contributed by atoms with van der Waals surface area (Å²) in [5, 5.41) is 8.92. The van der Waals surface area contributed by atoms with Crippen molar-refractivity contribution in [3.05, 3.63) is 58.7 Å². The summed E-state index contributed by atoms with van der Waals surface area (Å²) in [6, 6.07) is 8.73. The van der Waals surface area contributed by atoms with Crippen molar-refractivity contribution in [1.82, 2.24) is 0 Å². The minimum atomic E-state index is -4.01. The predicted molar refractivity (Wildman–Crippen MR) is 83.0 cm³/mol. The second-order valence-corrected chi connectivity index (χ2v) is 6.65. The molecule has 1 aliphatic heterocycles. The van der Waals surface area contributed by atoms with E-state index >= 15 is 0 Å². The van der Waals surface area contributed by atoms with Crippen molar-refractivity contribution in [3.8, 4) is 0 Å². The summed E-state index contributed by atoms with van der Waals surface area (Å²) in [6.45, 7) is 0. The van der Waals surface area contributed by atoms with E-state index in [1.807, 2.05) is 0 Å². The van der Waals surface area contributed by atoms with Crippen LogP contribution in [0.25, 0.3) is 0 Å². The van der Waals surface area contributed by atoms with Crippen LogP contribution in [0.4, 0.5) is 5.69 Å². The van der Waals surface area contributed by atoms with Gasteiger partial charge in [0.25, 0.3) is 10.0 Å². The number of hydrogen-bond acceptors (Lipinski definition) is 5. The summed E-state index contributed by atoms with van der Waals surface area (Å²) in [4.78, 5) is 40.1. The molecule has 0 atom stereocenters. The van der Waals surface area contributed by atoms with Crippen LogP contribution in [0.1, 0.15) is 10.4 Å². The lowest BCUT2D eigenvalue weighted by Gasteiger charge is -2.08. The van der Waals surface area contributed by atoms with E-state index in [1.54, 1.807) is 0 Å². The fourth-order valence-electron chi connectivity index (χ4n) is 2.06. The van der Waals surface area contributed by atoms with Gasteiger partial charge in [-0.05, 0) is 42.5 Å². The Bertz CT molecular complexity index is 1140. The van der Waals surface area contributed by atoms with Gasteiger partial charge in [-0.1, -0.05) is 0 Å². The van der Waals surface area contributed by atoms with Gasteiger partial charge in [-0.2, -0.15) is 0 Å². The van der Waals surface area contributed by atoms with E-state index in [0.717, 1.165) is 6.07 Å². The fraction of sp³-hybridized carbons (Fsp3) is 0. The number of carboxylic acids is 1. The van der Waals surface area contributed by atoms with Gasteiger partial charge in [0, 0.05) is 5.69 Å². The number of benzene rings is 2. The quantitative estimate of drug-likeness (QED) is 0.704. The number of rotatable bonds is 4. The first-order valence-corrected chi connectivity index (χ1v) is 8.26. The van der Waals surface area contributed by atoms with Gasteiger partial charge < -0.3 is 5.11 Å². The third-order valence-corrected chi connectivity index (χ3v) is 4.65. The Balaban J connectivity index is 1.96. The summed E-state index contributed by atoms with van der Waals surface area (Å²) in [6.07, 6.45) is 0. The maximum atomic E-state index is 12.4. The van der Waals surface area contributed by atoms with Gasteiger partial charge in [-0.25, -0.2) is 23.2 Å². The van der Waals surface area contributed by atoms with Crippen LogP contribution in [-0.4, -0.2) is 31.3 Å². The van der Waals surface area contributed by atoms with E-state index in [2.05, 4.69) is 14.7 Å². The zero-order valence-corrected chi connectivity index (χ0v) is 13.1. The van der Waals surface area contributed by atoms with Crippen molar-refractivity contribution in [3.63, 3.8) is 0 Å². The normalized spacial score (nSPS) is 13.4. The number of nitrogens with one attached hydrogen (secondary N) is 1. The molecule has 9 nitrogen and oxygen atoms in total. The molecule has 0 unspecified atom stereocenters. The Morgan fingerprint density at radius 2 is 1.52 bits per heavy atom. The largest absolute Gasteiger partial charge is 0.478 e. The number of hydrogen-bond donors (Lipinski definition) is 2. The summed E-state index contributed by atoms with van der Waals surface area (Å²) >= 11 is 0. The first-order chi connectivity index (χ1) is 11.8. The zero-order chi connectivity index (χ0) is 18.2. The van der Waals surface area contributed by atoms with Gasteiger partial charge in [-0.3, -0.25) is 14.3 Å². The molecule has 0 spiro atoms. The highest BCUT2D eigenvalue weighted by Crippen LogP contribution is 2.15. The molecule has 2 amide bonds. The smallest absolute Gasteiger partial charge is 0.338 e. The number of fused-ring (bicyclic) bond motifs is 1.